The molecule has 9 heteroatoms. The molecule has 0 spiro atoms. The Hall–Kier alpha value is -3.04. The SMILES string of the molecule is CC(=O)N1CCCc2cc(S(=O)(=O)N(C)Cc3nc(-c4ccc(C(C)(C)C)cc4)no3)ccc21. The van der Waals surface area contributed by atoms with E-state index in [1.165, 1.54) is 23.8 Å². The van der Waals surface area contributed by atoms with Gasteiger partial charge in [-0.05, 0) is 47.6 Å². The van der Waals surface area contributed by atoms with Gasteiger partial charge in [-0.15, -0.1) is 0 Å². The summed E-state index contributed by atoms with van der Waals surface area (Å²) in [6.07, 6.45) is 1.53. The predicted octanol–water partition coefficient (Wildman–Crippen LogP) is 4.15. The summed E-state index contributed by atoms with van der Waals surface area (Å²) in [4.78, 5) is 18.2. The van der Waals surface area contributed by atoms with Crippen molar-refractivity contribution in [3.8, 4) is 11.4 Å². The Labute approximate surface area is 200 Å². The van der Waals surface area contributed by atoms with Crippen molar-refractivity contribution in [2.75, 3.05) is 18.5 Å². The molecule has 0 fully saturated rings. The van der Waals surface area contributed by atoms with Crippen molar-refractivity contribution in [3.63, 3.8) is 0 Å². The Morgan fingerprint density at radius 1 is 1.15 bits per heavy atom. The first-order chi connectivity index (χ1) is 16.0. The van der Waals surface area contributed by atoms with E-state index in [1.807, 2.05) is 24.3 Å². The van der Waals surface area contributed by atoms with E-state index in [4.69, 9.17) is 4.52 Å². The van der Waals surface area contributed by atoms with Crippen LogP contribution in [0.1, 0.15) is 51.1 Å². The first-order valence-electron chi connectivity index (χ1n) is 11.3. The maximum atomic E-state index is 13.2. The van der Waals surface area contributed by atoms with Crippen molar-refractivity contribution >= 4 is 21.6 Å². The zero-order valence-corrected chi connectivity index (χ0v) is 21.0. The maximum Gasteiger partial charge on any atom is 0.243 e. The van der Waals surface area contributed by atoms with E-state index in [0.717, 1.165) is 29.7 Å². The molecule has 2 heterocycles. The molecule has 1 aromatic heterocycles. The molecule has 0 bridgehead atoms. The number of fused-ring (bicyclic) bond motifs is 1. The molecule has 0 aliphatic carbocycles. The number of nitrogens with zero attached hydrogens (tertiary/aromatic N) is 4. The molecular formula is C25H30N4O4S. The van der Waals surface area contributed by atoms with E-state index in [-0.39, 0.29) is 28.7 Å². The van der Waals surface area contributed by atoms with Crippen LogP contribution in [0.4, 0.5) is 5.69 Å². The molecule has 0 saturated carbocycles. The molecule has 0 radical (unpaired) electrons. The van der Waals surface area contributed by atoms with Crippen molar-refractivity contribution < 1.29 is 17.7 Å². The highest BCUT2D eigenvalue weighted by molar-refractivity contribution is 7.89. The van der Waals surface area contributed by atoms with Crippen molar-refractivity contribution in [1.82, 2.24) is 14.4 Å². The number of anilines is 1. The summed E-state index contributed by atoms with van der Waals surface area (Å²) in [7, 11) is -2.30. The smallest absolute Gasteiger partial charge is 0.243 e. The molecule has 3 aromatic rings. The number of sulfonamides is 1. The van der Waals surface area contributed by atoms with Crippen LogP contribution >= 0.6 is 0 Å². The van der Waals surface area contributed by atoms with Gasteiger partial charge in [-0.1, -0.05) is 50.2 Å². The normalized spacial score (nSPS) is 14.4. The minimum Gasteiger partial charge on any atom is -0.338 e. The van der Waals surface area contributed by atoms with Gasteiger partial charge in [0.1, 0.15) is 0 Å². The molecule has 180 valence electrons. The highest BCUT2D eigenvalue weighted by Gasteiger charge is 2.27. The Morgan fingerprint density at radius 2 is 1.85 bits per heavy atom. The molecule has 1 aliphatic heterocycles. The molecule has 0 atom stereocenters. The number of carbonyl (C=O) groups excluding carboxylic acids is 1. The van der Waals surface area contributed by atoms with Gasteiger partial charge < -0.3 is 9.42 Å². The van der Waals surface area contributed by atoms with Crippen LogP contribution in [0.3, 0.4) is 0 Å². The first kappa shape index (κ1) is 24.1. The summed E-state index contributed by atoms with van der Waals surface area (Å²) in [5.74, 6) is 0.579. The third-order valence-corrected chi connectivity index (χ3v) is 7.89. The fourth-order valence-electron chi connectivity index (χ4n) is 4.07. The number of carbonyl (C=O) groups is 1. The first-order valence-corrected chi connectivity index (χ1v) is 12.7. The van der Waals surface area contributed by atoms with Gasteiger partial charge in [-0.3, -0.25) is 4.79 Å². The largest absolute Gasteiger partial charge is 0.338 e. The lowest BCUT2D eigenvalue weighted by molar-refractivity contribution is -0.116. The number of aryl methyl sites for hydroxylation is 1. The molecule has 1 amide bonds. The van der Waals surface area contributed by atoms with Gasteiger partial charge in [0.2, 0.25) is 27.6 Å². The molecule has 1 aliphatic rings. The van der Waals surface area contributed by atoms with Crippen LogP contribution in [-0.4, -0.2) is 42.4 Å². The number of aromatic nitrogens is 2. The monoisotopic (exact) mass is 482 g/mol. The van der Waals surface area contributed by atoms with Crippen molar-refractivity contribution in [2.24, 2.45) is 0 Å². The Morgan fingerprint density at radius 3 is 2.50 bits per heavy atom. The van der Waals surface area contributed by atoms with Crippen LogP contribution in [0, 0.1) is 0 Å². The third kappa shape index (κ3) is 4.76. The molecule has 0 saturated heterocycles. The van der Waals surface area contributed by atoms with Gasteiger partial charge >= 0.3 is 0 Å². The van der Waals surface area contributed by atoms with Gasteiger partial charge in [-0.25, -0.2) is 8.42 Å². The zero-order valence-electron chi connectivity index (χ0n) is 20.2. The Bertz CT molecular complexity index is 1310. The van der Waals surface area contributed by atoms with Crippen LogP contribution in [-0.2, 0) is 33.2 Å². The van der Waals surface area contributed by atoms with E-state index in [2.05, 4.69) is 30.9 Å². The van der Waals surface area contributed by atoms with Crippen molar-refractivity contribution in [1.29, 1.82) is 0 Å². The van der Waals surface area contributed by atoms with Crippen LogP contribution in [0.25, 0.3) is 11.4 Å². The summed E-state index contributed by atoms with van der Waals surface area (Å²) in [6, 6.07) is 12.9. The zero-order chi connectivity index (χ0) is 24.7. The second-order valence-corrected chi connectivity index (χ2v) is 11.7. The van der Waals surface area contributed by atoms with E-state index < -0.39 is 10.0 Å². The average molecular weight is 483 g/mol. The Kier molecular flexibility index (Phi) is 6.35. The van der Waals surface area contributed by atoms with E-state index >= 15 is 0 Å². The fraction of sp³-hybridized carbons (Fsp3) is 0.400. The number of rotatable bonds is 5. The Balaban J connectivity index is 1.51. The number of hydrogen-bond donors (Lipinski definition) is 0. The summed E-state index contributed by atoms with van der Waals surface area (Å²) in [5, 5.41) is 4.02. The van der Waals surface area contributed by atoms with Crippen LogP contribution in [0.15, 0.2) is 51.9 Å². The van der Waals surface area contributed by atoms with Gasteiger partial charge in [0, 0.05) is 31.8 Å². The summed E-state index contributed by atoms with van der Waals surface area (Å²) in [5.41, 5.74) is 3.67. The molecule has 8 nitrogen and oxygen atoms in total. The van der Waals surface area contributed by atoms with Gasteiger partial charge in [0.15, 0.2) is 0 Å². The number of amides is 1. The van der Waals surface area contributed by atoms with Crippen LogP contribution < -0.4 is 4.90 Å². The third-order valence-electron chi connectivity index (χ3n) is 6.09. The fourth-order valence-corrected chi connectivity index (χ4v) is 5.24. The molecule has 2 aromatic carbocycles. The second kappa shape index (κ2) is 8.96. The molecule has 4 rings (SSSR count). The van der Waals surface area contributed by atoms with Crippen LogP contribution in [0.2, 0.25) is 0 Å². The van der Waals surface area contributed by atoms with Crippen molar-refractivity contribution in [3.05, 3.63) is 59.5 Å². The quantitative estimate of drug-likeness (QED) is 0.542. The van der Waals surface area contributed by atoms with E-state index in [1.54, 1.807) is 23.1 Å². The lowest BCUT2D eigenvalue weighted by Crippen LogP contribution is -2.34. The van der Waals surface area contributed by atoms with E-state index in [0.29, 0.717) is 12.4 Å². The minimum atomic E-state index is -3.78. The lowest BCUT2D eigenvalue weighted by atomic mass is 9.87. The van der Waals surface area contributed by atoms with Gasteiger partial charge in [0.25, 0.3) is 0 Å². The molecule has 34 heavy (non-hydrogen) atoms. The molecule has 0 unspecified atom stereocenters. The minimum absolute atomic E-state index is 0.0407. The van der Waals surface area contributed by atoms with Crippen LogP contribution in [0.5, 0.6) is 0 Å². The summed E-state index contributed by atoms with van der Waals surface area (Å²) in [6.45, 7) is 8.55. The number of benzene rings is 2. The van der Waals surface area contributed by atoms with Gasteiger partial charge in [-0.2, -0.15) is 9.29 Å². The lowest BCUT2D eigenvalue weighted by Gasteiger charge is -2.29. The number of hydrogen-bond acceptors (Lipinski definition) is 6. The highest BCUT2D eigenvalue weighted by Crippen LogP contribution is 2.31. The molecular weight excluding hydrogens is 452 g/mol. The predicted molar refractivity (Wildman–Crippen MR) is 130 cm³/mol. The summed E-state index contributed by atoms with van der Waals surface area (Å²) < 4.78 is 32.9. The van der Waals surface area contributed by atoms with E-state index in [9.17, 15) is 13.2 Å². The summed E-state index contributed by atoms with van der Waals surface area (Å²) >= 11 is 0. The second-order valence-electron chi connectivity index (χ2n) is 9.66. The topological polar surface area (TPSA) is 96.6 Å². The average Bonchev–Trinajstić information content (AvgIpc) is 3.26. The maximum absolute atomic E-state index is 13.2. The van der Waals surface area contributed by atoms with Crippen molar-refractivity contribution in [2.45, 2.75) is 57.4 Å². The van der Waals surface area contributed by atoms with Gasteiger partial charge in [0.05, 0.1) is 11.4 Å². The highest BCUT2D eigenvalue weighted by atomic mass is 32.2. The molecule has 0 N–H and O–H groups in total. The standard InChI is InChI=1S/C25H30N4O4S/c1-17(30)29-14-6-7-19-15-21(12-13-22(19)29)34(31,32)28(5)16-23-26-24(27-33-23)18-8-10-20(11-9-18)25(2,3)4/h8-13,15H,6-7,14,16H2,1-5H3.